The highest BCUT2D eigenvalue weighted by Crippen LogP contribution is 2.40. The lowest BCUT2D eigenvalue weighted by molar-refractivity contribution is -0.141. The van der Waals surface area contributed by atoms with E-state index in [1.54, 1.807) is 36.4 Å². The maximum atomic E-state index is 12.9. The fraction of sp³-hybridized carbons (Fsp3) is 0.364. The molecule has 0 saturated carbocycles. The molecule has 2 atom stereocenters. The van der Waals surface area contributed by atoms with Gasteiger partial charge in [-0.2, -0.15) is 0 Å². The molecule has 1 amide bonds. The van der Waals surface area contributed by atoms with Crippen LogP contribution in [0.5, 0.6) is 5.75 Å². The number of Topliss-reactive ketones (excluding diaryl/α,β-unsaturated/α-hetero) is 1. The number of likely N-dealkylation sites (tertiary alicyclic amines) is 1. The van der Waals surface area contributed by atoms with Crippen molar-refractivity contribution in [1.29, 1.82) is 0 Å². The van der Waals surface area contributed by atoms with Crippen molar-refractivity contribution in [2.45, 2.75) is 31.9 Å². The van der Waals surface area contributed by atoms with Gasteiger partial charge in [0.15, 0.2) is 0 Å². The van der Waals surface area contributed by atoms with Crippen molar-refractivity contribution in [3.05, 3.63) is 59.6 Å². The fourth-order valence-electron chi connectivity index (χ4n) is 3.87. The van der Waals surface area contributed by atoms with Crippen LogP contribution >= 0.6 is 0 Å². The van der Waals surface area contributed by atoms with E-state index in [0.717, 1.165) is 12.8 Å². The summed E-state index contributed by atoms with van der Waals surface area (Å²) in [5.74, 6) is -0.654. The minimum atomic E-state index is -0.801. The molecule has 2 aliphatic heterocycles. The van der Waals surface area contributed by atoms with Crippen molar-refractivity contribution in [3.8, 4) is 5.75 Å². The van der Waals surface area contributed by atoms with Crippen molar-refractivity contribution in [2.75, 3.05) is 19.8 Å². The number of aliphatic hydroxyl groups excluding tert-OH is 1. The zero-order valence-corrected chi connectivity index (χ0v) is 16.2. The molecule has 3 heterocycles. The molecule has 7 nitrogen and oxygen atoms in total. The Labute approximate surface area is 168 Å². The zero-order valence-electron chi connectivity index (χ0n) is 16.2. The van der Waals surface area contributed by atoms with Gasteiger partial charge in [-0.15, -0.1) is 0 Å². The van der Waals surface area contributed by atoms with Crippen LogP contribution in [0.2, 0.25) is 0 Å². The van der Waals surface area contributed by atoms with E-state index in [1.807, 2.05) is 6.92 Å². The number of benzene rings is 1. The molecule has 0 aliphatic carbocycles. The summed E-state index contributed by atoms with van der Waals surface area (Å²) in [7, 11) is 0. The van der Waals surface area contributed by atoms with Gasteiger partial charge in [0.2, 0.25) is 0 Å². The Kier molecular flexibility index (Phi) is 5.40. The Morgan fingerprint density at radius 2 is 2.14 bits per heavy atom. The molecule has 1 aromatic heterocycles. The average molecular weight is 397 g/mol. The van der Waals surface area contributed by atoms with Crippen LogP contribution in [0.15, 0.2) is 52.7 Å². The molecular weight excluding hydrogens is 374 g/mol. The van der Waals surface area contributed by atoms with Crippen molar-refractivity contribution >= 4 is 17.4 Å². The van der Waals surface area contributed by atoms with Crippen LogP contribution in [-0.2, 0) is 14.3 Å². The maximum Gasteiger partial charge on any atom is 0.295 e. The van der Waals surface area contributed by atoms with Crippen LogP contribution < -0.4 is 4.74 Å². The molecule has 0 spiro atoms. The number of nitrogens with zero attached hydrogens (tertiary/aromatic N) is 1. The van der Waals surface area contributed by atoms with Crippen LogP contribution in [0.3, 0.4) is 0 Å². The molecule has 2 aromatic rings. The molecule has 4 rings (SSSR count). The van der Waals surface area contributed by atoms with E-state index in [2.05, 4.69) is 0 Å². The van der Waals surface area contributed by atoms with Gasteiger partial charge in [0, 0.05) is 18.7 Å². The second-order valence-corrected chi connectivity index (χ2v) is 7.06. The number of aliphatic hydroxyl groups is 1. The predicted molar refractivity (Wildman–Crippen MR) is 104 cm³/mol. The van der Waals surface area contributed by atoms with Crippen LogP contribution in [-0.4, -0.2) is 47.6 Å². The lowest BCUT2D eigenvalue weighted by Gasteiger charge is -2.25. The van der Waals surface area contributed by atoms with Gasteiger partial charge in [-0.1, -0.05) is 12.1 Å². The van der Waals surface area contributed by atoms with Gasteiger partial charge in [0.25, 0.3) is 11.7 Å². The molecule has 1 N–H and O–H groups in total. The number of carbonyl (C=O) groups is 2. The molecule has 29 heavy (non-hydrogen) atoms. The van der Waals surface area contributed by atoms with E-state index in [1.165, 1.54) is 11.2 Å². The molecule has 152 valence electrons. The summed E-state index contributed by atoms with van der Waals surface area (Å²) in [6, 6.07) is 9.39. The lowest BCUT2D eigenvalue weighted by atomic mass is 9.99. The monoisotopic (exact) mass is 397 g/mol. The van der Waals surface area contributed by atoms with Gasteiger partial charge in [-0.3, -0.25) is 9.59 Å². The van der Waals surface area contributed by atoms with E-state index < -0.39 is 17.7 Å². The smallest absolute Gasteiger partial charge is 0.295 e. The Balaban J connectivity index is 1.77. The first-order valence-electron chi connectivity index (χ1n) is 9.76. The summed E-state index contributed by atoms with van der Waals surface area (Å²) < 4.78 is 16.7. The SMILES string of the molecule is CCOc1cccc(/C(O)=C2/C(=O)C(=O)N(CC3CCCO3)C2c2ccco2)c1. The van der Waals surface area contributed by atoms with E-state index in [9.17, 15) is 14.7 Å². The molecule has 1 aromatic carbocycles. The number of rotatable bonds is 6. The third kappa shape index (κ3) is 3.65. The normalized spacial score (nSPS) is 23.7. The molecule has 2 saturated heterocycles. The highest BCUT2D eigenvalue weighted by Gasteiger charge is 2.48. The van der Waals surface area contributed by atoms with Crippen LogP contribution in [0.4, 0.5) is 0 Å². The third-order valence-corrected chi connectivity index (χ3v) is 5.20. The van der Waals surface area contributed by atoms with Crippen molar-refractivity contribution < 1.29 is 28.6 Å². The predicted octanol–water partition coefficient (Wildman–Crippen LogP) is 3.28. The van der Waals surface area contributed by atoms with E-state index in [4.69, 9.17) is 13.9 Å². The van der Waals surface area contributed by atoms with Gasteiger partial charge in [-0.05, 0) is 44.0 Å². The minimum Gasteiger partial charge on any atom is -0.507 e. The van der Waals surface area contributed by atoms with Gasteiger partial charge >= 0.3 is 0 Å². The standard InChI is InChI=1S/C22H23NO6/c1-2-27-15-7-3-6-14(12-15)20(24)18-19(17-9-5-11-29-17)23(22(26)21(18)25)13-16-8-4-10-28-16/h3,5-7,9,11-12,16,19,24H,2,4,8,10,13H2,1H3/b20-18-. The summed E-state index contributed by atoms with van der Waals surface area (Å²) in [6.07, 6.45) is 3.10. The Bertz CT molecular complexity index is 927. The molecule has 7 heteroatoms. The maximum absolute atomic E-state index is 12.9. The summed E-state index contributed by atoms with van der Waals surface area (Å²) in [6.45, 7) is 3.25. The molecule has 0 bridgehead atoms. The van der Waals surface area contributed by atoms with Gasteiger partial charge in [-0.25, -0.2) is 0 Å². The van der Waals surface area contributed by atoms with E-state index >= 15 is 0 Å². The second-order valence-electron chi connectivity index (χ2n) is 7.06. The number of furan rings is 1. The number of carbonyl (C=O) groups excluding carboxylic acids is 2. The topological polar surface area (TPSA) is 89.2 Å². The number of hydrogen-bond acceptors (Lipinski definition) is 6. The van der Waals surface area contributed by atoms with Gasteiger partial charge < -0.3 is 23.9 Å². The van der Waals surface area contributed by atoms with Crippen LogP contribution in [0.25, 0.3) is 5.76 Å². The molecule has 2 unspecified atom stereocenters. The summed E-state index contributed by atoms with van der Waals surface area (Å²) in [5.41, 5.74) is 0.416. The van der Waals surface area contributed by atoms with Crippen LogP contribution in [0.1, 0.15) is 37.1 Å². The zero-order chi connectivity index (χ0) is 20.4. The van der Waals surface area contributed by atoms with Gasteiger partial charge in [0.05, 0.1) is 24.5 Å². The van der Waals surface area contributed by atoms with Crippen molar-refractivity contribution in [3.63, 3.8) is 0 Å². The van der Waals surface area contributed by atoms with Crippen molar-refractivity contribution in [1.82, 2.24) is 4.90 Å². The summed E-state index contributed by atoms with van der Waals surface area (Å²) in [5, 5.41) is 11.0. The number of ketones is 1. The first-order valence-corrected chi connectivity index (χ1v) is 9.76. The Hall–Kier alpha value is -3.06. The summed E-state index contributed by atoms with van der Waals surface area (Å²) >= 11 is 0. The first kappa shape index (κ1) is 19.3. The number of ether oxygens (including phenoxy) is 2. The quantitative estimate of drug-likeness (QED) is 0.457. The minimum absolute atomic E-state index is 0.0107. The highest BCUT2D eigenvalue weighted by atomic mass is 16.5. The fourth-order valence-corrected chi connectivity index (χ4v) is 3.87. The molecule has 2 aliphatic rings. The molecular formula is C22H23NO6. The number of hydrogen-bond donors (Lipinski definition) is 1. The van der Waals surface area contributed by atoms with Gasteiger partial charge in [0.1, 0.15) is 23.3 Å². The Morgan fingerprint density at radius 1 is 1.28 bits per heavy atom. The van der Waals surface area contributed by atoms with Crippen molar-refractivity contribution in [2.24, 2.45) is 0 Å². The first-order chi connectivity index (χ1) is 14.1. The average Bonchev–Trinajstić information content (AvgIpc) is 3.47. The second kappa shape index (κ2) is 8.13. The largest absolute Gasteiger partial charge is 0.507 e. The molecule has 0 radical (unpaired) electrons. The Morgan fingerprint density at radius 3 is 2.83 bits per heavy atom. The number of amides is 1. The van der Waals surface area contributed by atoms with E-state index in [0.29, 0.717) is 30.3 Å². The third-order valence-electron chi connectivity index (χ3n) is 5.20. The molecule has 2 fully saturated rings. The lowest BCUT2D eigenvalue weighted by Crippen LogP contribution is -2.36. The van der Waals surface area contributed by atoms with E-state index in [-0.39, 0.29) is 24.0 Å². The summed E-state index contributed by atoms with van der Waals surface area (Å²) in [4.78, 5) is 27.2. The van der Waals surface area contributed by atoms with Crippen LogP contribution in [0, 0.1) is 0 Å². The highest BCUT2D eigenvalue weighted by molar-refractivity contribution is 6.46.